The third-order valence-electron chi connectivity index (χ3n) is 5.30. The minimum absolute atomic E-state index is 0.0744. The normalized spacial score (nSPS) is 25.7. The van der Waals surface area contributed by atoms with Gasteiger partial charge in [0.2, 0.25) is 5.91 Å². The van der Waals surface area contributed by atoms with Crippen LogP contribution in [-0.2, 0) is 9.59 Å². The number of benzene rings is 1. The van der Waals surface area contributed by atoms with E-state index in [1.807, 2.05) is 0 Å². The summed E-state index contributed by atoms with van der Waals surface area (Å²) in [5, 5.41) is 12.6. The molecule has 140 valence electrons. The van der Waals surface area contributed by atoms with Crippen molar-refractivity contribution >= 4 is 29.4 Å². The van der Waals surface area contributed by atoms with Crippen LogP contribution in [0, 0.1) is 11.8 Å². The average molecular weight is 379 g/mol. The molecule has 1 aliphatic carbocycles. The Morgan fingerprint density at radius 1 is 1.08 bits per heavy atom. The van der Waals surface area contributed by atoms with Gasteiger partial charge in [-0.15, -0.1) is 0 Å². The van der Waals surface area contributed by atoms with Crippen molar-refractivity contribution in [1.82, 2.24) is 10.2 Å². The van der Waals surface area contributed by atoms with Crippen LogP contribution in [0.1, 0.15) is 42.5 Å². The highest BCUT2D eigenvalue weighted by molar-refractivity contribution is 6.30. The Morgan fingerprint density at radius 3 is 2.46 bits per heavy atom. The molecule has 1 saturated carbocycles. The lowest BCUT2D eigenvalue weighted by atomic mass is 9.96. The molecule has 0 aromatic heterocycles. The van der Waals surface area contributed by atoms with Gasteiger partial charge in [-0.05, 0) is 56.4 Å². The third kappa shape index (κ3) is 4.36. The number of halogens is 1. The molecule has 0 bridgehead atoms. The Labute approximate surface area is 157 Å². The predicted octanol–water partition coefficient (Wildman–Crippen LogP) is 2.56. The lowest BCUT2D eigenvalue weighted by Crippen LogP contribution is -2.47. The summed E-state index contributed by atoms with van der Waals surface area (Å²) in [6.07, 6.45) is 3.31. The van der Waals surface area contributed by atoms with E-state index in [-0.39, 0.29) is 29.7 Å². The van der Waals surface area contributed by atoms with E-state index >= 15 is 0 Å². The standard InChI is InChI=1S/C19H23ClN2O4/c20-15-6-3-12(4-7-15)18(24)22-9-1-2-14(11-22)17(23)21-16-8-5-13(10-16)19(25)26/h3-4,6-7,13-14,16H,1-2,5,8-11H2,(H,21,23)(H,25,26)/t13-,14?,16+/m1/s1. The lowest BCUT2D eigenvalue weighted by Gasteiger charge is -2.32. The van der Waals surface area contributed by atoms with E-state index < -0.39 is 5.97 Å². The van der Waals surface area contributed by atoms with Crippen molar-refractivity contribution in [3.63, 3.8) is 0 Å². The molecule has 2 aliphatic rings. The second kappa shape index (κ2) is 8.08. The van der Waals surface area contributed by atoms with Gasteiger partial charge in [-0.2, -0.15) is 0 Å². The molecule has 1 saturated heterocycles. The van der Waals surface area contributed by atoms with Crippen molar-refractivity contribution in [3.05, 3.63) is 34.9 Å². The molecule has 2 fully saturated rings. The van der Waals surface area contributed by atoms with E-state index in [9.17, 15) is 14.4 Å². The van der Waals surface area contributed by atoms with Crippen molar-refractivity contribution in [2.75, 3.05) is 13.1 Å². The van der Waals surface area contributed by atoms with Crippen LogP contribution in [0.25, 0.3) is 0 Å². The molecule has 2 N–H and O–H groups in total. The van der Waals surface area contributed by atoms with Crippen LogP contribution in [-0.4, -0.2) is 46.9 Å². The van der Waals surface area contributed by atoms with Gasteiger partial charge in [0.15, 0.2) is 0 Å². The second-order valence-corrected chi connectivity index (χ2v) is 7.59. The van der Waals surface area contributed by atoms with Gasteiger partial charge in [-0.1, -0.05) is 11.6 Å². The van der Waals surface area contributed by atoms with Gasteiger partial charge in [-0.3, -0.25) is 14.4 Å². The number of rotatable bonds is 4. The molecule has 1 unspecified atom stereocenters. The number of likely N-dealkylation sites (tertiary alicyclic amines) is 1. The number of amides is 2. The number of nitrogens with zero attached hydrogens (tertiary/aromatic N) is 1. The summed E-state index contributed by atoms with van der Waals surface area (Å²) in [4.78, 5) is 38.0. The fourth-order valence-corrected chi connectivity index (χ4v) is 3.93. The summed E-state index contributed by atoms with van der Waals surface area (Å²) < 4.78 is 0. The van der Waals surface area contributed by atoms with Crippen LogP contribution in [0.15, 0.2) is 24.3 Å². The minimum atomic E-state index is -0.792. The molecular formula is C19H23ClN2O4. The van der Waals surface area contributed by atoms with Gasteiger partial charge in [0.25, 0.3) is 5.91 Å². The number of carbonyl (C=O) groups is 3. The Kier molecular flexibility index (Phi) is 5.81. The Bertz CT molecular complexity index is 691. The zero-order valence-corrected chi connectivity index (χ0v) is 15.2. The highest BCUT2D eigenvalue weighted by atomic mass is 35.5. The van der Waals surface area contributed by atoms with E-state index in [2.05, 4.69) is 5.32 Å². The maximum absolute atomic E-state index is 12.6. The maximum atomic E-state index is 12.6. The van der Waals surface area contributed by atoms with Gasteiger partial charge in [0.05, 0.1) is 11.8 Å². The van der Waals surface area contributed by atoms with Gasteiger partial charge >= 0.3 is 5.97 Å². The van der Waals surface area contributed by atoms with Crippen molar-refractivity contribution in [2.24, 2.45) is 11.8 Å². The summed E-state index contributed by atoms with van der Waals surface area (Å²) in [6.45, 7) is 1.03. The Balaban J connectivity index is 1.56. The second-order valence-electron chi connectivity index (χ2n) is 7.15. The molecule has 1 aliphatic heterocycles. The monoisotopic (exact) mass is 378 g/mol. The van der Waals surface area contributed by atoms with Crippen molar-refractivity contribution < 1.29 is 19.5 Å². The van der Waals surface area contributed by atoms with Gasteiger partial charge in [-0.25, -0.2) is 0 Å². The fraction of sp³-hybridized carbons (Fsp3) is 0.526. The average Bonchev–Trinajstić information content (AvgIpc) is 3.11. The van der Waals surface area contributed by atoms with E-state index in [1.54, 1.807) is 29.2 Å². The summed E-state index contributed by atoms with van der Waals surface area (Å²) in [5.74, 6) is -1.57. The first-order valence-corrected chi connectivity index (χ1v) is 9.40. The zero-order valence-electron chi connectivity index (χ0n) is 14.5. The van der Waals surface area contributed by atoms with E-state index in [4.69, 9.17) is 16.7 Å². The van der Waals surface area contributed by atoms with Gasteiger partial charge in [0.1, 0.15) is 0 Å². The van der Waals surface area contributed by atoms with Crippen LogP contribution in [0.5, 0.6) is 0 Å². The van der Waals surface area contributed by atoms with Gasteiger partial charge in [0, 0.05) is 29.7 Å². The molecule has 26 heavy (non-hydrogen) atoms. The number of hydrogen-bond acceptors (Lipinski definition) is 3. The number of carboxylic acid groups (broad SMARTS) is 1. The highest BCUT2D eigenvalue weighted by Gasteiger charge is 2.34. The lowest BCUT2D eigenvalue weighted by molar-refractivity contribution is -0.141. The molecule has 6 nitrogen and oxygen atoms in total. The zero-order chi connectivity index (χ0) is 18.7. The van der Waals surface area contributed by atoms with E-state index in [1.165, 1.54) is 0 Å². The molecule has 1 heterocycles. The van der Waals surface area contributed by atoms with Crippen molar-refractivity contribution in [2.45, 2.75) is 38.1 Å². The number of carboxylic acids is 1. The number of nitrogens with one attached hydrogen (secondary N) is 1. The Hall–Kier alpha value is -2.08. The molecular weight excluding hydrogens is 356 g/mol. The number of piperidine rings is 1. The van der Waals surface area contributed by atoms with Gasteiger partial charge < -0.3 is 15.3 Å². The SMILES string of the molecule is O=C(N[C@H]1CC[C@@H](C(=O)O)C1)C1CCCN(C(=O)c2ccc(Cl)cc2)C1. The molecule has 2 amide bonds. The smallest absolute Gasteiger partial charge is 0.306 e. The van der Waals surface area contributed by atoms with E-state index in [0.29, 0.717) is 42.9 Å². The first kappa shape index (κ1) is 18.7. The maximum Gasteiger partial charge on any atom is 0.306 e. The molecule has 3 atom stereocenters. The summed E-state index contributed by atoms with van der Waals surface area (Å²) in [5.41, 5.74) is 0.565. The topological polar surface area (TPSA) is 86.7 Å². The fourth-order valence-electron chi connectivity index (χ4n) is 3.81. The van der Waals surface area contributed by atoms with Crippen LogP contribution >= 0.6 is 11.6 Å². The van der Waals surface area contributed by atoms with E-state index in [0.717, 1.165) is 12.8 Å². The van der Waals surface area contributed by atoms with Crippen LogP contribution < -0.4 is 5.32 Å². The molecule has 7 heteroatoms. The van der Waals surface area contributed by atoms with Crippen molar-refractivity contribution in [1.29, 1.82) is 0 Å². The molecule has 1 aromatic rings. The number of hydrogen-bond donors (Lipinski definition) is 2. The van der Waals surface area contributed by atoms with Crippen LogP contribution in [0.4, 0.5) is 0 Å². The first-order valence-electron chi connectivity index (χ1n) is 9.02. The molecule has 0 spiro atoms. The van der Waals surface area contributed by atoms with Crippen LogP contribution in [0.3, 0.4) is 0 Å². The summed E-state index contributed by atoms with van der Waals surface area (Å²) in [6, 6.07) is 6.67. The predicted molar refractivity (Wildman–Crippen MR) is 97.0 cm³/mol. The molecule has 0 radical (unpaired) electrons. The minimum Gasteiger partial charge on any atom is -0.481 e. The molecule has 3 rings (SSSR count). The quantitative estimate of drug-likeness (QED) is 0.843. The number of carbonyl (C=O) groups excluding carboxylic acids is 2. The summed E-state index contributed by atoms with van der Waals surface area (Å²) in [7, 11) is 0. The molecule has 1 aromatic carbocycles. The van der Waals surface area contributed by atoms with Crippen molar-refractivity contribution in [3.8, 4) is 0 Å². The summed E-state index contributed by atoms with van der Waals surface area (Å²) >= 11 is 5.86. The Morgan fingerprint density at radius 2 is 1.81 bits per heavy atom. The highest BCUT2D eigenvalue weighted by Crippen LogP contribution is 2.27. The number of aliphatic carboxylic acids is 1. The largest absolute Gasteiger partial charge is 0.481 e. The first-order chi connectivity index (χ1) is 12.4. The van der Waals surface area contributed by atoms with Crippen LogP contribution in [0.2, 0.25) is 5.02 Å². The third-order valence-corrected chi connectivity index (χ3v) is 5.55.